The lowest BCUT2D eigenvalue weighted by molar-refractivity contribution is 0.0299. The number of benzene rings is 1. The number of carbonyl (C=O) groups is 1. The lowest BCUT2D eigenvalue weighted by Gasteiger charge is -2.26. The van der Waals surface area contributed by atoms with Gasteiger partial charge in [0.1, 0.15) is 5.69 Å². The number of amides is 1. The number of pyridine rings is 1. The van der Waals surface area contributed by atoms with Gasteiger partial charge in [0, 0.05) is 31.0 Å². The molecule has 5 nitrogen and oxygen atoms in total. The van der Waals surface area contributed by atoms with Crippen LogP contribution in [0.5, 0.6) is 0 Å². The Morgan fingerprint density at radius 2 is 1.96 bits per heavy atom. The second-order valence-electron chi connectivity index (χ2n) is 5.61. The molecule has 1 aromatic carbocycles. The molecule has 1 aliphatic heterocycles. The van der Waals surface area contributed by atoms with Crippen LogP contribution in [0.3, 0.4) is 0 Å². The van der Waals surface area contributed by atoms with Crippen molar-refractivity contribution < 1.29 is 9.53 Å². The molecule has 23 heavy (non-hydrogen) atoms. The Hall–Kier alpha value is -2.40. The summed E-state index contributed by atoms with van der Waals surface area (Å²) in [5, 5.41) is 3.42. The van der Waals surface area contributed by atoms with Crippen molar-refractivity contribution in [1.82, 2.24) is 9.88 Å². The second kappa shape index (κ2) is 7.24. The van der Waals surface area contributed by atoms with Crippen molar-refractivity contribution >= 4 is 11.6 Å². The molecule has 1 unspecified atom stereocenters. The fourth-order valence-corrected chi connectivity index (χ4v) is 2.64. The van der Waals surface area contributed by atoms with E-state index in [2.05, 4.69) is 29.4 Å². The van der Waals surface area contributed by atoms with Gasteiger partial charge < -0.3 is 15.0 Å². The summed E-state index contributed by atoms with van der Waals surface area (Å²) in [6, 6.07) is 14.1. The summed E-state index contributed by atoms with van der Waals surface area (Å²) in [4.78, 5) is 18.5. The van der Waals surface area contributed by atoms with Gasteiger partial charge in [0.05, 0.1) is 13.2 Å². The van der Waals surface area contributed by atoms with E-state index in [1.807, 2.05) is 30.3 Å². The summed E-state index contributed by atoms with van der Waals surface area (Å²) in [5.74, 6) is -0.0377. The van der Waals surface area contributed by atoms with E-state index in [0.29, 0.717) is 32.0 Å². The molecule has 3 rings (SSSR count). The molecular formula is C18H21N3O2. The van der Waals surface area contributed by atoms with Crippen molar-refractivity contribution in [2.24, 2.45) is 0 Å². The average molecular weight is 311 g/mol. The molecule has 0 saturated carbocycles. The van der Waals surface area contributed by atoms with E-state index in [-0.39, 0.29) is 11.9 Å². The van der Waals surface area contributed by atoms with Crippen LogP contribution in [-0.4, -0.2) is 42.1 Å². The number of nitrogens with one attached hydrogen (secondary N) is 1. The molecule has 0 aliphatic carbocycles. The van der Waals surface area contributed by atoms with E-state index >= 15 is 0 Å². The Bertz CT molecular complexity index is 654. The number of ether oxygens (including phenoxy) is 1. The zero-order valence-electron chi connectivity index (χ0n) is 13.2. The van der Waals surface area contributed by atoms with Crippen molar-refractivity contribution in [3.05, 3.63) is 59.9 Å². The van der Waals surface area contributed by atoms with Crippen molar-refractivity contribution in [3.8, 4) is 0 Å². The van der Waals surface area contributed by atoms with E-state index in [9.17, 15) is 4.79 Å². The van der Waals surface area contributed by atoms with Gasteiger partial charge in [0.25, 0.3) is 5.91 Å². The number of aromatic nitrogens is 1. The van der Waals surface area contributed by atoms with Crippen LogP contribution in [0.4, 0.5) is 5.69 Å². The fourth-order valence-electron chi connectivity index (χ4n) is 2.64. The minimum Gasteiger partial charge on any atom is -0.378 e. The Morgan fingerprint density at radius 1 is 1.22 bits per heavy atom. The minimum atomic E-state index is -0.0377. The van der Waals surface area contributed by atoms with E-state index in [1.54, 1.807) is 11.1 Å². The van der Waals surface area contributed by atoms with E-state index < -0.39 is 0 Å². The predicted molar refractivity (Wildman–Crippen MR) is 89.4 cm³/mol. The van der Waals surface area contributed by atoms with Crippen molar-refractivity contribution in [1.29, 1.82) is 0 Å². The molecule has 1 fully saturated rings. The van der Waals surface area contributed by atoms with Gasteiger partial charge in [-0.15, -0.1) is 0 Å². The molecule has 2 aromatic rings. The molecule has 2 heterocycles. The Labute approximate surface area is 136 Å². The van der Waals surface area contributed by atoms with Crippen molar-refractivity contribution in [2.45, 2.75) is 13.0 Å². The Morgan fingerprint density at radius 3 is 2.70 bits per heavy atom. The van der Waals surface area contributed by atoms with Gasteiger partial charge in [-0.25, -0.2) is 0 Å². The molecule has 1 atom stereocenters. The van der Waals surface area contributed by atoms with Crippen LogP contribution in [0.1, 0.15) is 29.0 Å². The van der Waals surface area contributed by atoms with Gasteiger partial charge in [0.15, 0.2) is 0 Å². The number of carbonyl (C=O) groups excluding carboxylic acids is 1. The first-order chi connectivity index (χ1) is 11.2. The maximum Gasteiger partial charge on any atom is 0.272 e. The third-order valence-corrected chi connectivity index (χ3v) is 3.96. The highest BCUT2D eigenvalue weighted by molar-refractivity contribution is 5.93. The molecule has 1 amide bonds. The zero-order chi connectivity index (χ0) is 16.1. The molecule has 1 aromatic heterocycles. The highest BCUT2D eigenvalue weighted by Crippen LogP contribution is 2.19. The normalized spacial score (nSPS) is 16.0. The third-order valence-electron chi connectivity index (χ3n) is 3.96. The molecule has 1 N–H and O–H groups in total. The maximum atomic E-state index is 12.5. The zero-order valence-corrected chi connectivity index (χ0v) is 13.2. The number of rotatable bonds is 4. The van der Waals surface area contributed by atoms with Gasteiger partial charge in [-0.3, -0.25) is 9.78 Å². The van der Waals surface area contributed by atoms with E-state index in [0.717, 1.165) is 5.69 Å². The van der Waals surface area contributed by atoms with Crippen LogP contribution in [0.15, 0.2) is 48.7 Å². The number of hydrogen-bond acceptors (Lipinski definition) is 4. The number of nitrogens with zero attached hydrogens (tertiary/aromatic N) is 2. The fraction of sp³-hybridized carbons (Fsp3) is 0.333. The van der Waals surface area contributed by atoms with Gasteiger partial charge >= 0.3 is 0 Å². The highest BCUT2D eigenvalue weighted by atomic mass is 16.5. The predicted octanol–water partition coefficient (Wildman–Crippen LogP) is 2.73. The summed E-state index contributed by atoms with van der Waals surface area (Å²) in [5.41, 5.74) is 2.57. The van der Waals surface area contributed by atoms with Crippen LogP contribution < -0.4 is 5.32 Å². The second-order valence-corrected chi connectivity index (χ2v) is 5.61. The molecule has 120 valence electrons. The molecule has 0 spiro atoms. The molecule has 1 saturated heterocycles. The van der Waals surface area contributed by atoms with Crippen LogP contribution in [0.2, 0.25) is 0 Å². The van der Waals surface area contributed by atoms with E-state index in [1.165, 1.54) is 5.56 Å². The number of hydrogen-bond donors (Lipinski definition) is 1. The molecule has 0 bridgehead atoms. The van der Waals surface area contributed by atoms with Crippen LogP contribution in [0.25, 0.3) is 0 Å². The van der Waals surface area contributed by atoms with Gasteiger partial charge in [-0.2, -0.15) is 0 Å². The third kappa shape index (κ3) is 3.87. The Balaban J connectivity index is 1.71. The van der Waals surface area contributed by atoms with Gasteiger partial charge in [-0.1, -0.05) is 30.3 Å². The van der Waals surface area contributed by atoms with Crippen LogP contribution in [-0.2, 0) is 4.74 Å². The molecule has 1 aliphatic rings. The monoisotopic (exact) mass is 311 g/mol. The van der Waals surface area contributed by atoms with Gasteiger partial charge in [-0.05, 0) is 24.6 Å². The first-order valence-corrected chi connectivity index (χ1v) is 7.88. The van der Waals surface area contributed by atoms with Crippen LogP contribution in [0, 0.1) is 0 Å². The minimum absolute atomic E-state index is 0.0377. The highest BCUT2D eigenvalue weighted by Gasteiger charge is 2.19. The van der Waals surface area contributed by atoms with Crippen molar-refractivity contribution in [2.75, 3.05) is 31.6 Å². The van der Waals surface area contributed by atoms with E-state index in [4.69, 9.17) is 4.74 Å². The smallest absolute Gasteiger partial charge is 0.272 e. The summed E-state index contributed by atoms with van der Waals surface area (Å²) in [6.45, 7) is 4.53. The largest absolute Gasteiger partial charge is 0.378 e. The molecular weight excluding hydrogens is 290 g/mol. The summed E-state index contributed by atoms with van der Waals surface area (Å²) >= 11 is 0. The van der Waals surface area contributed by atoms with Crippen LogP contribution >= 0.6 is 0 Å². The topological polar surface area (TPSA) is 54.5 Å². The average Bonchev–Trinajstić information content (AvgIpc) is 2.63. The quantitative estimate of drug-likeness (QED) is 0.943. The van der Waals surface area contributed by atoms with Gasteiger partial charge in [0.2, 0.25) is 0 Å². The Kier molecular flexibility index (Phi) is 4.88. The lowest BCUT2D eigenvalue weighted by atomic mass is 10.1. The van der Waals surface area contributed by atoms with Crippen molar-refractivity contribution in [3.63, 3.8) is 0 Å². The first kappa shape index (κ1) is 15.5. The molecule has 0 radical (unpaired) electrons. The molecule has 5 heteroatoms. The standard InChI is InChI=1S/C18H21N3O2/c1-14(15-5-3-2-4-6-15)20-16-7-8-19-17(13-16)18(22)21-9-11-23-12-10-21/h2-8,13-14H,9-12H2,1H3,(H,19,20). The summed E-state index contributed by atoms with van der Waals surface area (Å²) < 4.78 is 5.28. The SMILES string of the molecule is CC(Nc1ccnc(C(=O)N2CCOCC2)c1)c1ccccc1. The first-order valence-electron chi connectivity index (χ1n) is 7.88. The maximum absolute atomic E-state index is 12.5. The lowest BCUT2D eigenvalue weighted by Crippen LogP contribution is -2.41. The number of morpholine rings is 1. The summed E-state index contributed by atoms with van der Waals surface area (Å²) in [7, 11) is 0. The number of anilines is 1. The summed E-state index contributed by atoms with van der Waals surface area (Å²) in [6.07, 6.45) is 1.67.